The number of anilines is 1. The Labute approximate surface area is 181 Å². The molecule has 2 N–H and O–H groups in total. The van der Waals surface area contributed by atoms with Crippen LogP contribution in [0.4, 0.5) is 5.69 Å². The van der Waals surface area contributed by atoms with Crippen LogP contribution in [0.25, 0.3) is 6.08 Å². The summed E-state index contributed by atoms with van der Waals surface area (Å²) < 4.78 is 5.32. The largest absolute Gasteiger partial charge is 0.465 e. The number of rotatable bonds is 6. The standard InChI is InChI=1S/C25H25N3O3/c1-28-13-5-9-20-15-18(11-12-23(20)28)17-26-25(30)22(16-21-10-6-14-31-21)27-24(29)19-7-3-2-4-8-19/h2-4,6-8,10-12,14-16H,5,9,13,17H2,1H3,(H,26,30)(H,27,29)/b22-16-. The number of carbonyl (C=O) groups excluding carboxylic acids is 2. The van der Waals surface area contributed by atoms with Crippen molar-refractivity contribution in [3.8, 4) is 0 Å². The van der Waals surface area contributed by atoms with Crippen molar-refractivity contribution in [1.29, 1.82) is 0 Å². The molecule has 4 rings (SSSR count). The van der Waals surface area contributed by atoms with Crippen molar-refractivity contribution < 1.29 is 14.0 Å². The van der Waals surface area contributed by atoms with Crippen LogP contribution < -0.4 is 15.5 Å². The van der Waals surface area contributed by atoms with Crippen molar-refractivity contribution in [3.05, 3.63) is 95.1 Å². The predicted octanol–water partition coefficient (Wildman–Crippen LogP) is 3.75. The van der Waals surface area contributed by atoms with E-state index < -0.39 is 0 Å². The van der Waals surface area contributed by atoms with Gasteiger partial charge in [-0.3, -0.25) is 9.59 Å². The number of carbonyl (C=O) groups is 2. The first kappa shape index (κ1) is 20.5. The zero-order valence-electron chi connectivity index (χ0n) is 17.4. The highest BCUT2D eigenvalue weighted by atomic mass is 16.3. The fourth-order valence-corrected chi connectivity index (χ4v) is 3.68. The molecule has 1 aliphatic heterocycles. The van der Waals surface area contributed by atoms with Crippen molar-refractivity contribution in [2.24, 2.45) is 0 Å². The van der Waals surface area contributed by atoms with Crippen LogP contribution in [-0.2, 0) is 17.8 Å². The Morgan fingerprint density at radius 3 is 2.71 bits per heavy atom. The molecule has 1 aliphatic rings. The van der Waals surface area contributed by atoms with Gasteiger partial charge < -0.3 is 20.0 Å². The number of furan rings is 1. The van der Waals surface area contributed by atoms with Gasteiger partial charge >= 0.3 is 0 Å². The molecule has 0 fully saturated rings. The lowest BCUT2D eigenvalue weighted by Crippen LogP contribution is -2.34. The van der Waals surface area contributed by atoms with Gasteiger partial charge in [-0.25, -0.2) is 0 Å². The van der Waals surface area contributed by atoms with Gasteiger partial charge in [0.25, 0.3) is 11.8 Å². The first-order valence-electron chi connectivity index (χ1n) is 10.3. The van der Waals surface area contributed by atoms with E-state index in [4.69, 9.17) is 4.42 Å². The first-order chi connectivity index (χ1) is 15.1. The number of fused-ring (bicyclic) bond motifs is 1. The lowest BCUT2D eigenvalue weighted by molar-refractivity contribution is -0.117. The normalized spacial score (nSPS) is 13.5. The molecule has 158 valence electrons. The van der Waals surface area contributed by atoms with Crippen LogP contribution in [0.15, 0.2) is 77.0 Å². The number of amides is 2. The van der Waals surface area contributed by atoms with E-state index in [1.165, 1.54) is 23.6 Å². The molecule has 6 nitrogen and oxygen atoms in total. The van der Waals surface area contributed by atoms with Gasteiger partial charge in [0.15, 0.2) is 0 Å². The fourth-order valence-electron chi connectivity index (χ4n) is 3.68. The van der Waals surface area contributed by atoms with Crippen molar-refractivity contribution in [1.82, 2.24) is 10.6 Å². The number of benzene rings is 2. The highest BCUT2D eigenvalue weighted by Crippen LogP contribution is 2.26. The molecule has 0 radical (unpaired) electrons. The smallest absolute Gasteiger partial charge is 0.268 e. The Morgan fingerprint density at radius 1 is 1.10 bits per heavy atom. The second-order valence-electron chi connectivity index (χ2n) is 7.56. The second-order valence-corrected chi connectivity index (χ2v) is 7.56. The second kappa shape index (κ2) is 9.34. The fraction of sp³-hybridized carbons (Fsp3) is 0.200. The third-order valence-electron chi connectivity index (χ3n) is 5.31. The molecular weight excluding hydrogens is 390 g/mol. The van der Waals surface area contributed by atoms with Crippen LogP contribution in [0.2, 0.25) is 0 Å². The monoisotopic (exact) mass is 415 g/mol. The average molecular weight is 415 g/mol. The van der Waals surface area contributed by atoms with E-state index in [2.05, 4.69) is 34.7 Å². The van der Waals surface area contributed by atoms with E-state index in [0.717, 1.165) is 24.9 Å². The van der Waals surface area contributed by atoms with E-state index in [9.17, 15) is 9.59 Å². The third-order valence-corrected chi connectivity index (χ3v) is 5.31. The highest BCUT2D eigenvalue weighted by Gasteiger charge is 2.17. The maximum absolute atomic E-state index is 12.9. The molecule has 31 heavy (non-hydrogen) atoms. The van der Waals surface area contributed by atoms with E-state index in [-0.39, 0.29) is 17.5 Å². The van der Waals surface area contributed by atoms with Crippen molar-refractivity contribution in [3.63, 3.8) is 0 Å². The third kappa shape index (κ3) is 5.04. The van der Waals surface area contributed by atoms with Crippen LogP contribution in [0, 0.1) is 0 Å². The molecule has 2 aromatic carbocycles. The number of hydrogen-bond acceptors (Lipinski definition) is 4. The van der Waals surface area contributed by atoms with Crippen LogP contribution >= 0.6 is 0 Å². The lowest BCUT2D eigenvalue weighted by atomic mass is 9.99. The summed E-state index contributed by atoms with van der Waals surface area (Å²) in [6, 6.07) is 18.5. The molecule has 0 saturated heterocycles. The molecule has 6 heteroatoms. The summed E-state index contributed by atoms with van der Waals surface area (Å²) in [5, 5.41) is 5.62. The Bertz CT molecular complexity index is 1090. The lowest BCUT2D eigenvalue weighted by Gasteiger charge is -2.27. The van der Waals surface area contributed by atoms with Gasteiger partial charge in [-0.05, 0) is 54.3 Å². The Balaban J connectivity index is 1.48. The van der Waals surface area contributed by atoms with E-state index >= 15 is 0 Å². The zero-order valence-corrected chi connectivity index (χ0v) is 17.4. The number of aryl methyl sites for hydroxylation is 1. The summed E-state index contributed by atoms with van der Waals surface area (Å²) in [6.45, 7) is 1.43. The molecule has 3 aromatic rings. The quantitative estimate of drug-likeness (QED) is 0.602. The summed E-state index contributed by atoms with van der Waals surface area (Å²) in [5.41, 5.74) is 4.16. The highest BCUT2D eigenvalue weighted by molar-refractivity contribution is 6.05. The minimum absolute atomic E-state index is 0.126. The summed E-state index contributed by atoms with van der Waals surface area (Å²) in [4.78, 5) is 27.7. The molecule has 0 atom stereocenters. The first-order valence-corrected chi connectivity index (χ1v) is 10.3. The summed E-state index contributed by atoms with van der Waals surface area (Å²) in [7, 11) is 2.10. The maximum atomic E-state index is 12.9. The SMILES string of the molecule is CN1CCCc2cc(CNC(=O)/C(=C/c3ccco3)NC(=O)c3ccccc3)ccc21. The molecule has 1 aromatic heterocycles. The minimum atomic E-state index is -0.379. The molecule has 0 bridgehead atoms. The summed E-state index contributed by atoms with van der Waals surface area (Å²) in [6.07, 6.45) is 5.21. The molecule has 0 aliphatic carbocycles. The predicted molar refractivity (Wildman–Crippen MR) is 120 cm³/mol. The van der Waals surface area contributed by atoms with Gasteiger partial charge in [0.2, 0.25) is 0 Å². The number of hydrogen-bond donors (Lipinski definition) is 2. The number of nitrogens with one attached hydrogen (secondary N) is 2. The maximum Gasteiger partial charge on any atom is 0.268 e. The molecule has 0 unspecified atom stereocenters. The van der Waals surface area contributed by atoms with Gasteiger partial charge in [0.05, 0.1) is 6.26 Å². The van der Waals surface area contributed by atoms with Crippen LogP contribution in [0.1, 0.15) is 33.7 Å². The van der Waals surface area contributed by atoms with Gasteiger partial charge in [-0.15, -0.1) is 0 Å². The Kier molecular flexibility index (Phi) is 6.17. The average Bonchev–Trinajstić information content (AvgIpc) is 3.31. The van der Waals surface area contributed by atoms with Gasteiger partial charge in [-0.1, -0.05) is 30.3 Å². The number of nitrogens with zero attached hydrogens (tertiary/aromatic N) is 1. The molecule has 0 spiro atoms. The Morgan fingerprint density at radius 2 is 1.94 bits per heavy atom. The van der Waals surface area contributed by atoms with Crippen molar-refractivity contribution in [2.75, 3.05) is 18.5 Å². The van der Waals surface area contributed by atoms with Crippen molar-refractivity contribution >= 4 is 23.6 Å². The molecule has 0 saturated carbocycles. The van der Waals surface area contributed by atoms with Gasteiger partial charge in [0, 0.05) is 37.5 Å². The molecule has 2 heterocycles. The minimum Gasteiger partial charge on any atom is -0.465 e. The molecular formula is C25H25N3O3. The van der Waals surface area contributed by atoms with Gasteiger partial charge in [-0.2, -0.15) is 0 Å². The zero-order chi connectivity index (χ0) is 21.6. The Hall–Kier alpha value is -3.80. The summed E-state index contributed by atoms with van der Waals surface area (Å²) >= 11 is 0. The molecule has 2 amide bonds. The van der Waals surface area contributed by atoms with Crippen LogP contribution in [-0.4, -0.2) is 25.4 Å². The van der Waals surface area contributed by atoms with Gasteiger partial charge in [0.1, 0.15) is 11.5 Å². The van der Waals surface area contributed by atoms with E-state index in [1.807, 2.05) is 12.1 Å². The van der Waals surface area contributed by atoms with Crippen LogP contribution in [0.3, 0.4) is 0 Å². The summed E-state index contributed by atoms with van der Waals surface area (Å²) in [5.74, 6) is -0.253. The van der Waals surface area contributed by atoms with Crippen molar-refractivity contribution in [2.45, 2.75) is 19.4 Å². The topological polar surface area (TPSA) is 74.6 Å². The van der Waals surface area contributed by atoms with E-state index in [1.54, 1.807) is 36.4 Å². The van der Waals surface area contributed by atoms with Crippen LogP contribution in [0.5, 0.6) is 0 Å². The van der Waals surface area contributed by atoms with E-state index in [0.29, 0.717) is 17.9 Å².